The summed E-state index contributed by atoms with van der Waals surface area (Å²) in [6, 6.07) is 2.36. The van der Waals surface area contributed by atoms with E-state index >= 15 is 0 Å². The number of cyclic esters (lactones) is 1. The first-order valence-electron chi connectivity index (χ1n) is 8.75. The molecule has 5 nitrogen and oxygen atoms in total. The number of ether oxygens (including phenoxy) is 1. The lowest BCUT2D eigenvalue weighted by Gasteiger charge is -2.38. The van der Waals surface area contributed by atoms with Crippen LogP contribution in [-0.4, -0.2) is 53.6 Å². The van der Waals surface area contributed by atoms with Crippen molar-refractivity contribution < 1.29 is 14.3 Å². The Morgan fingerprint density at radius 2 is 2.08 bits per heavy atom. The van der Waals surface area contributed by atoms with Gasteiger partial charge < -0.3 is 9.64 Å². The van der Waals surface area contributed by atoms with Gasteiger partial charge in [0.1, 0.15) is 6.61 Å². The van der Waals surface area contributed by atoms with E-state index in [0.717, 1.165) is 29.7 Å². The van der Waals surface area contributed by atoms with Gasteiger partial charge in [-0.05, 0) is 49.1 Å². The summed E-state index contributed by atoms with van der Waals surface area (Å²) in [7, 11) is 0. The first-order valence-corrected chi connectivity index (χ1v) is 9.63. The zero-order valence-electron chi connectivity index (χ0n) is 14.7. The third-order valence-corrected chi connectivity index (χ3v) is 5.95. The van der Waals surface area contributed by atoms with Gasteiger partial charge >= 0.3 is 6.09 Å². The van der Waals surface area contributed by atoms with Crippen molar-refractivity contribution in [1.29, 1.82) is 0 Å². The molecule has 3 rings (SSSR count). The van der Waals surface area contributed by atoms with Crippen molar-refractivity contribution in [2.24, 2.45) is 5.92 Å². The minimum Gasteiger partial charge on any atom is -0.447 e. The number of amides is 2. The number of hydrogen-bond acceptors (Lipinski definition) is 4. The van der Waals surface area contributed by atoms with E-state index in [1.54, 1.807) is 0 Å². The molecule has 0 radical (unpaired) electrons. The fourth-order valence-corrected chi connectivity index (χ4v) is 4.62. The molecule has 2 aliphatic rings. The summed E-state index contributed by atoms with van der Waals surface area (Å²) in [6.45, 7) is 8.24. The van der Waals surface area contributed by atoms with Crippen LogP contribution in [-0.2, 0) is 4.74 Å². The zero-order valence-corrected chi connectivity index (χ0v) is 15.5. The SMILES string of the molecule is Cc1ccsc1C(=O)N1CCC(N2C(=O)OCC2CC(C)C)CC1. The third-order valence-electron chi connectivity index (χ3n) is 4.95. The molecule has 2 saturated heterocycles. The molecule has 1 aromatic rings. The lowest BCUT2D eigenvalue weighted by atomic mass is 9.98. The number of hydrogen-bond donors (Lipinski definition) is 0. The number of thiophene rings is 1. The van der Waals surface area contributed by atoms with Crippen LogP contribution in [0.2, 0.25) is 0 Å². The quantitative estimate of drug-likeness (QED) is 0.835. The van der Waals surface area contributed by atoms with Crippen LogP contribution in [0.1, 0.15) is 48.3 Å². The third kappa shape index (κ3) is 3.43. The average molecular weight is 350 g/mol. The summed E-state index contributed by atoms with van der Waals surface area (Å²) >= 11 is 1.51. The van der Waals surface area contributed by atoms with Gasteiger partial charge in [-0.15, -0.1) is 11.3 Å². The highest BCUT2D eigenvalue weighted by Gasteiger charge is 2.40. The van der Waals surface area contributed by atoms with E-state index in [4.69, 9.17) is 4.74 Å². The van der Waals surface area contributed by atoms with Gasteiger partial charge in [0, 0.05) is 19.1 Å². The topological polar surface area (TPSA) is 49.9 Å². The van der Waals surface area contributed by atoms with E-state index in [-0.39, 0.29) is 24.1 Å². The lowest BCUT2D eigenvalue weighted by molar-refractivity contribution is 0.0634. The number of rotatable bonds is 4. The lowest BCUT2D eigenvalue weighted by Crippen LogP contribution is -2.50. The number of piperidine rings is 1. The predicted octanol–water partition coefficient (Wildman–Crippen LogP) is 3.53. The van der Waals surface area contributed by atoms with Crippen LogP contribution in [0.3, 0.4) is 0 Å². The Labute approximate surface area is 147 Å². The van der Waals surface area contributed by atoms with Crippen molar-refractivity contribution in [1.82, 2.24) is 9.80 Å². The fraction of sp³-hybridized carbons (Fsp3) is 0.667. The van der Waals surface area contributed by atoms with E-state index < -0.39 is 0 Å². The Morgan fingerprint density at radius 3 is 2.67 bits per heavy atom. The standard InChI is InChI=1S/C18H26N2O3S/c1-12(2)10-15-11-23-18(22)20(15)14-4-7-19(8-5-14)17(21)16-13(3)6-9-24-16/h6,9,12,14-15H,4-5,7-8,10-11H2,1-3H3. The van der Waals surface area contributed by atoms with Crippen molar-refractivity contribution in [2.45, 2.75) is 52.1 Å². The van der Waals surface area contributed by atoms with Gasteiger partial charge in [-0.1, -0.05) is 13.8 Å². The van der Waals surface area contributed by atoms with Gasteiger partial charge in [0.25, 0.3) is 5.91 Å². The molecule has 2 aliphatic heterocycles. The van der Waals surface area contributed by atoms with Crippen LogP contribution < -0.4 is 0 Å². The van der Waals surface area contributed by atoms with Crippen LogP contribution in [0.5, 0.6) is 0 Å². The Bertz CT molecular complexity index is 605. The number of carbonyl (C=O) groups excluding carboxylic acids is 2. The molecule has 2 fully saturated rings. The second-order valence-corrected chi connectivity index (χ2v) is 8.14. The highest BCUT2D eigenvalue weighted by atomic mass is 32.1. The van der Waals surface area contributed by atoms with Crippen molar-refractivity contribution >= 4 is 23.3 Å². The molecule has 6 heteroatoms. The summed E-state index contributed by atoms with van der Waals surface area (Å²) in [5.74, 6) is 0.666. The molecular formula is C18H26N2O3S. The predicted molar refractivity (Wildman–Crippen MR) is 94.4 cm³/mol. The molecule has 1 aromatic heterocycles. The monoisotopic (exact) mass is 350 g/mol. The van der Waals surface area contributed by atoms with Gasteiger partial charge in [0.2, 0.25) is 0 Å². The van der Waals surface area contributed by atoms with E-state index in [1.807, 2.05) is 28.2 Å². The molecular weight excluding hydrogens is 324 g/mol. The Kier molecular flexibility index (Phi) is 5.13. The second-order valence-electron chi connectivity index (χ2n) is 7.22. The van der Waals surface area contributed by atoms with Gasteiger partial charge in [0.05, 0.1) is 10.9 Å². The number of carbonyl (C=O) groups is 2. The van der Waals surface area contributed by atoms with Crippen LogP contribution >= 0.6 is 11.3 Å². The van der Waals surface area contributed by atoms with Gasteiger partial charge in [-0.2, -0.15) is 0 Å². The highest BCUT2D eigenvalue weighted by Crippen LogP contribution is 2.28. The van der Waals surface area contributed by atoms with Crippen molar-refractivity contribution in [3.05, 3.63) is 21.9 Å². The smallest absolute Gasteiger partial charge is 0.410 e. The molecule has 24 heavy (non-hydrogen) atoms. The molecule has 132 valence electrons. The summed E-state index contributed by atoms with van der Waals surface area (Å²) in [5, 5.41) is 1.96. The maximum atomic E-state index is 12.6. The van der Waals surface area contributed by atoms with E-state index in [9.17, 15) is 9.59 Å². The van der Waals surface area contributed by atoms with Crippen LogP contribution in [0.25, 0.3) is 0 Å². The highest BCUT2D eigenvalue weighted by molar-refractivity contribution is 7.12. The van der Waals surface area contributed by atoms with E-state index in [1.165, 1.54) is 11.3 Å². The number of aryl methyl sites for hydroxylation is 1. The Balaban J connectivity index is 1.61. The largest absolute Gasteiger partial charge is 0.447 e. The number of likely N-dealkylation sites (tertiary alicyclic amines) is 1. The van der Waals surface area contributed by atoms with Gasteiger partial charge in [-0.25, -0.2) is 4.79 Å². The molecule has 0 bridgehead atoms. The minimum absolute atomic E-state index is 0.128. The first-order chi connectivity index (χ1) is 11.5. The molecule has 0 saturated carbocycles. The van der Waals surface area contributed by atoms with Gasteiger partial charge in [-0.3, -0.25) is 9.69 Å². The molecule has 0 spiro atoms. The maximum Gasteiger partial charge on any atom is 0.410 e. The zero-order chi connectivity index (χ0) is 17.3. The molecule has 1 atom stereocenters. The molecule has 0 N–H and O–H groups in total. The Hall–Kier alpha value is -1.56. The summed E-state index contributed by atoms with van der Waals surface area (Å²) in [6.07, 6.45) is 2.46. The van der Waals surface area contributed by atoms with Crippen LogP contribution in [0.15, 0.2) is 11.4 Å². The minimum atomic E-state index is -0.181. The maximum absolute atomic E-state index is 12.6. The molecule has 0 aromatic carbocycles. The van der Waals surface area contributed by atoms with Crippen molar-refractivity contribution in [3.63, 3.8) is 0 Å². The van der Waals surface area contributed by atoms with E-state index in [2.05, 4.69) is 13.8 Å². The first kappa shape index (κ1) is 17.3. The average Bonchev–Trinajstić information content (AvgIpc) is 3.12. The van der Waals surface area contributed by atoms with Crippen LogP contribution in [0.4, 0.5) is 4.79 Å². The molecule has 0 aliphatic carbocycles. The summed E-state index contributed by atoms with van der Waals surface area (Å²) in [4.78, 5) is 29.5. The van der Waals surface area contributed by atoms with Crippen molar-refractivity contribution in [2.75, 3.05) is 19.7 Å². The van der Waals surface area contributed by atoms with E-state index in [0.29, 0.717) is 25.6 Å². The molecule has 3 heterocycles. The molecule has 1 unspecified atom stereocenters. The molecule has 2 amide bonds. The summed E-state index contributed by atoms with van der Waals surface area (Å²) < 4.78 is 5.29. The second kappa shape index (κ2) is 7.13. The number of nitrogens with zero attached hydrogens (tertiary/aromatic N) is 2. The summed E-state index contributed by atoms with van der Waals surface area (Å²) in [5.41, 5.74) is 1.05. The van der Waals surface area contributed by atoms with Gasteiger partial charge in [0.15, 0.2) is 0 Å². The normalized spacial score (nSPS) is 22.3. The van der Waals surface area contributed by atoms with Crippen LogP contribution in [0, 0.1) is 12.8 Å². The Morgan fingerprint density at radius 1 is 1.38 bits per heavy atom. The fourth-order valence-electron chi connectivity index (χ4n) is 3.73. The van der Waals surface area contributed by atoms with Crippen molar-refractivity contribution in [3.8, 4) is 0 Å².